The van der Waals surface area contributed by atoms with Crippen LogP contribution in [0.3, 0.4) is 0 Å². The number of nitrogens with one attached hydrogen (secondary N) is 4. The first-order valence-electron chi connectivity index (χ1n) is 9.63. The van der Waals surface area contributed by atoms with E-state index in [1.165, 1.54) is 12.5 Å². The van der Waals surface area contributed by atoms with Gasteiger partial charge in [-0.25, -0.2) is 4.98 Å². The summed E-state index contributed by atoms with van der Waals surface area (Å²) in [4.78, 5) is 58.5. The molecule has 15 heteroatoms. The van der Waals surface area contributed by atoms with Gasteiger partial charge in [-0.3, -0.25) is 24.2 Å². The number of imidazole rings is 1. The Balaban J connectivity index is 2.78. The number of amides is 3. The van der Waals surface area contributed by atoms with E-state index in [1.54, 1.807) is 0 Å². The van der Waals surface area contributed by atoms with E-state index in [9.17, 15) is 19.2 Å². The van der Waals surface area contributed by atoms with E-state index >= 15 is 0 Å². The maximum atomic E-state index is 12.8. The van der Waals surface area contributed by atoms with Crippen LogP contribution in [0.5, 0.6) is 0 Å². The molecule has 0 aliphatic carbocycles. The molecule has 0 saturated carbocycles. The van der Waals surface area contributed by atoms with E-state index < -0.39 is 48.4 Å². The van der Waals surface area contributed by atoms with E-state index in [4.69, 9.17) is 22.3 Å². The second-order valence-electron chi connectivity index (χ2n) is 6.75. The summed E-state index contributed by atoms with van der Waals surface area (Å²) in [6, 6.07) is -3.11. The number of rotatable bonds is 14. The maximum Gasteiger partial charge on any atom is 0.322 e. The lowest BCUT2D eigenvalue weighted by atomic mass is 10.1. The Hall–Kier alpha value is -3.33. The van der Waals surface area contributed by atoms with Crippen molar-refractivity contribution in [3.8, 4) is 0 Å². The summed E-state index contributed by atoms with van der Waals surface area (Å²) in [5.74, 6) is -3.37. The highest BCUT2D eigenvalue weighted by Crippen LogP contribution is 2.03. The van der Waals surface area contributed by atoms with Gasteiger partial charge in [-0.15, -0.1) is 0 Å². The molecule has 3 amide bonds. The standard InChI is InChI=1S/C17H29N9O5S/c18-10(2-1-3-22-17(19)20)14(29)25-11(4-9-5-21-8-24-9)16(31)26-12(7-32)15(30)23-6-13(27)28/h5,8,10-12,32H,1-4,6-7,18H2,(H,21,24)(H,23,30)(H,25,29)(H,26,31)(H,27,28)(H4,19,20,22). The van der Waals surface area contributed by atoms with Gasteiger partial charge in [0, 0.05) is 30.6 Å². The number of carbonyl (C=O) groups excluding carboxylic acids is 3. The van der Waals surface area contributed by atoms with E-state index in [-0.39, 0.29) is 24.6 Å². The molecule has 11 N–H and O–H groups in total. The molecule has 0 aliphatic heterocycles. The van der Waals surface area contributed by atoms with Crippen molar-refractivity contribution in [1.82, 2.24) is 25.9 Å². The predicted molar refractivity (Wildman–Crippen MR) is 119 cm³/mol. The number of thiol groups is 1. The van der Waals surface area contributed by atoms with Crippen LogP contribution >= 0.6 is 12.6 Å². The number of hydrogen-bond acceptors (Lipinski definition) is 8. The number of guanidine groups is 1. The molecule has 0 fully saturated rings. The molecule has 0 aromatic carbocycles. The van der Waals surface area contributed by atoms with Crippen molar-refractivity contribution in [3.05, 3.63) is 18.2 Å². The molecule has 3 unspecified atom stereocenters. The number of aromatic amines is 1. The smallest absolute Gasteiger partial charge is 0.322 e. The topological polar surface area (TPSA) is 244 Å². The second-order valence-corrected chi connectivity index (χ2v) is 7.12. The van der Waals surface area contributed by atoms with Crippen LogP contribution in [0.1, 0.15) is 18.5 Å². The number of nitrogens with zero attached hydrogens (tertiary/aromatic N) is 2. The number of carboxylic acid groups (broad SMARTS) is 1. The van der Waals surface area contributed by atoms with Crippen LogP contribution in [0.15, 0.2) is 17.5 Å². The van der Waals surface area contributed by atoms with E-state index in [0.717, 1.165) is 0 Å². The second kappa shape index (κ2) is 13.9. The summed E-state index contributed by atoms with van der Waals surface area (Å²) in [6.07, 6.45) is 3.68. The molecule has 1 aromatic rings. The van der Waals surface area contributed by atoms with Gasteiger partial charge in [-0.1, -0.05) is 0 Å². The van der Waals surface area contributed by atoms with Gasteiger partial charge in [0.05, 0.1) is 12.4 Å². The highest BCUT2D eigenvalue weighted by Gasteiger charge is 2.28. The molecule has 1 heterocycles. The fourth-order valence-electron chi connectivity index (χ4n) is 2.51. The lowest BCUT2D eigenvalue weighted by Crippen LogP contribution is -2.57. The first-order chi connectivity index (χ1) is 15.1. The van der Waals surface area contributed by atoms with Gasteiger partial charge in [0.1, 0.15) is 18.6 Å². The third-order valence-electron chi connectivity index (χ3n) is 4.15. The Kier molecular flexibility index (Phi) is 11.6. The number of carboxylic acids is 1. The molecule has 0 saturated heterocycles. The molecule has 0 radical (unpaired) electrons. The normalized spacial score (nSPS) is 13.3. The quantitative estimate of drug-likeness (QED) is 0.0563. The molecule has 3 atom stereocenters. The molecule has 0 aliphatic rings. The lowest BCUT2D eigenvalue weighted by Gasteiger charge is -2.23. The maximum absolute atomic E-state index is 12.8. The Bertz CT molecular complexity index is 798. The summed E-state index contributed by atoms with van der Waals surface area (Å²) in [5.41, 5.74) is 16.9. The molecule has 0 spiro atoms. The van der Waals surface area contributed by atoms with Crippen LogP contribution < -0.4 is 33.2 Å². The lowest BCUT2D eigenvalue weighted by molar-refractivity contribution is -0.138. The number of aliphatic imine (C=N–C) groups is 1. The van der Waals surface area contributed by atoms with Gasteiger partial charge >= 0.3 is 5.97 Å². The zero-order valence-electron chi connectivity index (χ0n) is 17.3. The van der Waals surface area contributed by atoms with Crippen molar-refractivity contribution in [1.29, 1.82) is 0 Å². The van der Waals surface area contributed by atoms with Gasteiger partial charge in [0.15, 0.2) is 5.96 Å². The molecule has 178 valence electrons. The molecule has 1 rings (SSSR count). The average molecular weight is 472 g/mol. The molecular weight excluding hydrogens is 442 g/mol. The number of aliphatic carboxylic acids is 1. The first kappa shape index (κ1) is 26.7. The SMILES string of the molecule is NC(N)=NCCCC(N)C(=O)NC(Cc1cnc[nH]1)C(=O)NC(CS)C(=O)NCC(=O)O. The Morgan fingerprint density at radius 2 is 1.84 bits per heavy atom. The monoisotopic (exact) mass is 471 g/mol. The van der Waals surface area contributed by atoms with Crippen LogP contribution in [0.2, 0.25) is 0 Å². The van der Waals surface area contributed by atoms with Crippen LogP contribution in [-0.2, 0) is 25.6 Å². The van der Waals surface area contributed by atoms with Crippen molar-refractivity contribution in [3.63, 3.8) is 0 Å². The summed E-state index contributed by atoms with van der Waals surface area (Å²) >= 11 is 4.02. The molecule has 32 heavy (non-hydrogen) atoms. The minimum atomic E-state index is -1.24. The number of hydrogen-bond donors (Lipinski definition) is 9. The zero-order valence-corrected chi connectivity index (χ0v) is 18.2. The van der Waals surface area contributed by atoms with Gasteiger partial charge in [-0.05, 0) is 12.8 Å². The van der Waals surface area contributed by atoms with Crippen molar-refractivity contribution >= 4 is 42.3 Å². The van der Waals surface area contributed by atoms with Crippen LogP contribution in [0.25, 0.3) is 0 Å². The zero-order chi connectivity index (χ0) is 24.1. The van der Waals surface area contributed by atoms with Crippen LogP contribution in [0, 0.1) is 0 Å². The third-order valence-corrected chi connectivity index (χ3v) is 4.51. The third kappa shape index (κ3) is 10.1. The van der Waals surface area contributed by atoms with E-state index in [1.807, 2.05) is 0 Å². The highest BCUT2D eigenvalue weighted by molar-refractivity contribution is 7.80. The van der Waals surface area contributed by atoms with Crippen LogP contribution in [0.4, 0.5) is 0 Å². The molecule has 1 aromatic heterocycles. The number of nitrogens with two attached hydrogens (primary N) is 3. The fourth-order valence-corrected chi connectivity index (χ4v) is 2.76. The summed E-state index contributed by atoms with van der Waals surface area (Å²) in [6.45, 7) is -0.307. The highest BCUT2D eigenvalue weighted by atomic mass is 32.1. The van der Waals surface area contributed by atoms with E-state index in [2.05, 4.69) is 43.5 Å². The Morgan fingerprint density at radius 3 is 2.41 bits per heavy atom. The van der Waals surface area contributed by atoms with Crippen molar-refractivity contribution in [2.45, 2.75) is 37.4 Å². The van der Waals surface area contributed by atoms with Gasteiger partial charge in [-0.2, -0.15) is 12.6 Å². The largest absolute Gasteiger partial charge is 0.480 e. The average Bonchev–Trinajstić information content (AvgIpc) is 3.25. The summed E-state index contributed by atoms with van der Waals surface area (Å²) in [5, 5.41) is 15.9. The summed E-state index contributed by atoms with van der Waals surface area (Å²) < 4.78 is 0. The van der Waals surface area contributed by atoms with Gasteiger partial charge in [0.25, 0.3) is 0 Å². The van der Waals surface area contributed by atoms with Crippen LogP contribution in [-0.4, -0.2) is 81.7 Å². The van der Waals surface area contributed by atoms with Gasteiger partial charge < -0.3 is 43.2 Å². The minimum absolute atomic E-state index is 0.0499. The first-order valence-corrected chi connectivity index (χ1v) is 10.3. The molecule has 0 bridgehead atoms. The number of H-pyrrole nitrogens is 1. The number of aromatic nitrogens is 2. The van der Waals surface area contributed by atoms with E-state index in [0.29, 0.717) is 18.7 Å². The summed E-state index contributed by atoms with van der Waals surface area (Å²) in [7, 11) is 0. The van der Waals surface area contributed by atoms with Crippen molar-refractivity contribution < 1.29 is 24.3 Å². The number of carbonyl (C=O) groups is 4. The van der Waals surface area contributed by atoms with Crippen molar-refractivity contribution in [2.24, 2.45) is 22.2 Å². The fraction of sp³-hybridized carbons (Fsp3) is 0.529. The van der Waals surface area contributed by atoms with Gasteiger partial charge in [0.2, 0.25) is 17.7 Å². The van der Waals surface area contributed by atoms with Crippen molar-refractivity contribution in [2.75, 3.05) is 18.8 Å². The molecule has 14 nitrogen and oxygen atoms in total. The predicted octanol–water partition coefficient (Wildman–Crippen LogP) is -3.57. The molecular formula is C17H29N9O5S. The minimum Gasteiger partial charge on any atom is -0.480 e. The Labute approximate surface area is 189 Å². The Morgan fingerprint density at radius 1 is 1.16 bits per heavy atom.